The zero-order chi connectivity index (χ0) is 6.85. The van der Waals surface area contributed by atoms with E-state index in [2.05, 4.69) is 12.8 Å². The summed E-state index contributed by atoms with van der Waals surface area (Å²) in [5.41, 5.74) is -0.389. The minimum atomic E-state index is -0.389. The molecule has 0 amide bonds. The summed E-state index contributed by atoms with van der Waals surface area (Å²) >= 11 is 3.82. The highest BCUT2D eigenvalue weighted by Gasteiger charge is 1.91. The molecule has 3 nitrogen and oxygen atoms in total. The summed E-state index contributed by atoms with van der Waals surface area (Å²) in [5, 5.41) is 8.72. The quantitative estimate of drug-likeness (QED) is 0.511. The fourth-order valence-electron chi connectivity index (χ4n) is 0.461. The average Bonchev–Trinajstić information content (AvgIpc) is 1.80. The SMILES string of the molecule is O=c1ccn(S)cc1O. The van der Waals surface area contributed by atoms with Gasteiger partial charge in [-0.3, -0.25) is 8.77 Å². The number of aromatic hydroxyl groups is 1. The van der Waals surface area contributed by atoms with E-state index in [0.29, 0.717) is 0 Å². The summed E-state index contributed by atoms with van der Waals surface area (Å²) in [5.74, 6) is -0.285. The number of thiol groups is 1. The molecule has 0 bridgehead atoms. The predicted octanol–water partition coefficient (Wildman–Crippen LogP) is 0.247. The Morgan fingerprint density at radius 3 is 2.78 bits per heavy atom. The zero-order valence-corrected chi connectivity index (χ0v) is 5.38. The van der Waals surface area contributed by atoms with Gasteiger partial charge in [-0.25, -0.2) is 0 Å². The van der Waals surface area contributed by atoms with Crippen molar-refractivity contribution >= 4 is 12.8 Å². The molecule has 0 radical (unpaired) electrons. The van der Waals surface area contributed by atoms with E-state index in [4.69, 9.17) is 5.11 Å². The molecule has 9 heavy (non-hydrogen) atoms. The van der Waals surface area contributed by atoms with Crippen molar-refractivity contribution in [2.24, 2.45) is 0 Å². The summed E-state index contributed by atoms with van der Waals surface area (Å²) in [6.45, 7) is 0. The molecule has 0 atom stereocenters. The van der Waals surface area contributed by atoms with Crippen LogP contribution in [0.5, 0.6) is 5.75 Å². The lowest BCUT2D eigenvalue weighted by atomic mass is 10.4. The number of nitrogens with zero attached hydrogens (tertiary/aromatic N) is 1. The van der Waals surface area contributed by atoms with Gasteiger partial charge >= 0.3 is 0 Å². The Bertz CT molecular complexity index is 268. The highest BCUT2D eigenvalue weighted by molar-refractivity contribution is 7.78. The largest absolute Gasteiger partial charge is 0.503 e. The van der Waals surface area contributed by atoms with Crippen LogP contribution in [0.4, 0.5) is 0 Å². The molecule has 0 aliphatic rings. The van der Waals surface area contributed by atoms with Crippen LogP contribution in [-0.4, -0.2) is 9.08 Å². The molecule has 0 spiro atoms. The van der Waals surface area contributed by atoms with Crippen LogP contribution in [-0.2, 0) is 0 Å². The van der Waals surface area contributed by atoms with Crippen LogP contribution >= 0.6 is 12.8 Å². The van der Waals surface area contributed by atoms with Crippen molar-refractivity contribution in [1.29, 1.82) is 0 Å². The summed E-state index contributed by atoms with van der Waals surface area (Å²) in [4.78, 5) is 10.5. The monoisotopic (exact) mass is 143 g/mol. The molecule has 4 heteroatoms. The van der Waals surface area contributed by atoms with E-state index in [-0.39, 0.29) is 11.2 Å². The van der Waals surface area contributed by atoms with E-state index in [0.717, 1.165) is 0 Å². The zero-order valence-electron chi connectivity index (χ0n) is 4.48. The first-order valence-electron chi connectivity index (χ1n) is 2.30. The first-order valence-corrected chi connectivity index (χ1v) is 2.70. The van der Waals surface area contributed by atoms with Crippen LogP contribution in [0.15, 0.2) is 23.3 Å². The highest BCUT2D eigenvalue weighted by Crippen LogP contribution is 1.98. The molecule has 0 aliphatic heterocycles. The third kappa shape index (κ3) is 1.26. The van der Waals surface area contributed by atoms with E-state index in [1.807, 2.05) is 0 Å². The van der Waals surface area contributed by atoms with Crippen molar-refractivity contribution in [2.45, 2.75) is 0 Å². The summed E-state index contributed by atoms with van der Waals surface area (Å²) in [6, 6.07) is 1.24. The Morgan fingerprint density at radius 1 is 1.67 bits per heavy atom. The number of rotatable bonds is 0. The van der Waals surface area contributed by atoms with Crippen molar-refractivity contribution in [3.8, 4) is 5.75 Å². The topological polar surface area (TPSA) is 42.2 Å². The van der Waals surface area contributed by atoms with Crippen LogP contribution in [0.2, 0.25) is 0 Å². The molecule has 1 N–H and O–H groups in total. The molecule has 0 saturated carbocycles. The molecule has 1 aromatic heterocycles. The summed E-state index contributed by atoms with van der Waals surface area (Å²) in [6.07, 6.45) is 2.68. The number of pyridine rings is 1. The van der Waals surface area contributed by atoms with E-state index in [1.165, 1.54) is 22.4 Å². The van der Waals surface area contributed by atoms with Crippen molar-refractivity contribution in [1.82, 2.24) is 3.97 Å². The van der Waals surface area contributed by atoms with E-state index in [9.17, 15) is 4.79 Å². The van der Waals surface area contributed by atoms with Crippen LogP contribution < -0.4 is 5.43 Å². The molecule has 1 heterocycles. The Kier molecular flexibility index (Phi) is 1.48. The smallest absolute Gasteiger partial charge is 0.223 e. The van der Waals surface area contributed by atoms with Crippen LogP contribution in [0.1, 0.15) is 0 Å². The molecule has 0 saturated heterocycles. The third-order valence-electron chi connectivity index (χ3n) is 0.886. The fourth-order valence-corrected chi connectivity index (χ4v) is 0.637. The van der Waals surface area contributed by atoms with Gasteiger partial charge in [-0.1, -0.05) is 12.8 Å². The minimum absolute atomic E-state index is 0.285. The fraction of sp³-hybridized carbons (Fsp3) is 0. The van der Waals surface area contributed by atoms with Gasteiger partial charge in [-0.2, -0.15) is 0 Å². The van der Waals surface area contributed by atoms with Crippen LogP contribution in [0.25, 0.3) is 0 Å². The van der Waals surface area contributed by atoms with E-state index in [1.54, 1.807) is 0 Å². The molecule has 0 aromatic carbocycles. The summed E-state index contributed by atoms with van der Waals surface area (Å²) in [7, 11) is 0. The molecule has 0 unspecified atom stereocenters. The molecule has 0 aliphatic carbocycles. The van der Waals surface area contributed by atoms with Gasteiger partial charge in [-0.05, 0) is 0 Å². The van der Waals surface area contributed by atoms with Gasteiger partial charge in [-0.15, -0.1) is 0 Å². The Hall–Kier alpha value is -0.900. The molecule has 0 fully saturated rings. The molecular formula is C5H5NO2S. The molecule has 48 valence electrons. The van der Waals surface area contributed by atoms with Crippen LogP contribution in [0, 0.1) is 0 Å². The van der Waals surface area contributed by atoms with Gasteiger partial charge in [0.05, 0.1) is 6.20 Å². The second-order valence-corrected chi connectivity index (χ2v) is 2.04. The van der Waals surface area contributed by atoms with Crippen molar-refractivity contribution in [3.63, 3.8) is 0 Å². The Morgan fingerprint density at radius 2 is 2.33 bits per heavy atom. The van der Waals surface area contributed by atoms with Gasteiger partial charge in [0, 0.05) is 12.3 Å². The van der Waals surface area contributed by atoms with Gasteiger partial charge in [0.25, 0.3) is 0 Å². The van der Waals surface area contributed by atoms with Crippen molar-refractivity contribution in [2.75, 3.05) is 0 Å². The van der Waals surface area contributed by atoms with Gasteiger partial charge in [0.2, 0.25) is 5.43 Å². The van der Waals surface area contributed by atoms with Crippen molar-refractivity contribution in [3.05, 3.63) is 28.7 Å². The molecule has 1 rings (SSSR count). The van der Waals surface area contributed by atoms with Crippen LogP contribution in [0.3, 0.4) is 0 Å². The maximum Gasteiger partial charge on any atom is 0.223 e. The second kappa shape index (κ2) is 2.14. The lowest BCUT2D eigenvalue weighted by Gasteiger charge is -1.92. The molecule has 1 aromatic rings. The average molecular weight is 143 g/mol. The first kappa shape index (κ1) is 6.22. The number of aromatic nitrogens is 1. The number of hydrogen-bond donors (Lipinski definition) is 2. The maximum atomic E-state index is 10.5. The maximum absolute atomic E-state index is 10.5. The predicted molar refractivity (Wildman–Crippen MR) is 36.8 cm³/mol. The highest BCUT2D eigenvalue weighted by atomic mass is 32.1. The normalized spacial score (nSPS) is 9.44. The second-order valence-electron chi connectivity index (χ2n) is 1.57. The summed E-state index contributed by atoms with van der Waals surface area (Å²) < 4.78 is 1.30. The van der Waals surface area contributed by atoms with E-state index >= 15 is 0 Å². The van der Waals surface area contributed by atoms with E-state index < -0.39 is 0 Å². The lowest BCUT2D eigenvalue weighted by Crippen LogP contribution is -1.98. The first-order chi connectivity index (χ1) is 4.20. The lowest BCUT2D eigenvalue weighted by molar-refractivity contribution is 0.467. The number of hydrogen-bond acceptors (Lipinski definition) is 3. The standard InChI is InChI=1S/C5H5NO2S/c7-4-1-2-6(9)3-5(4)8/h1-3,8-9H. The van der Waals surface area contributed by atoms with Gasteiger partial charge < -0.3 is 5.11 Å². The van der Waals surface area contributed by atoms with Gasteiger partial charge in [0.1, 0.15) is 0 Å². The van der Waals surface area contributed by atoms with Gasteiger partial charge in [0.15, 0.2) is 5.75 Å². The molecular weight excluding hydrogens is 138 g/mol. The third-order valence-corrected chi connectivity index (χ3v) is 1.13. The van der Waals surface area contributed by atoms with Crippen molar-refractivity contribution < 1.29 is 5.11 Å². The minimum Gasteiger partial charge on any atom is -0.503 e. The Balaban J connectivity index is 3.34. The Labute approximate surface area is 57.1 Å².